The third kappa shape index (κ3) is 4.32. The summed E-state index contributed by atoms with van der Waals surface area (Å²) in [7, 11) is 0. The molecular weight excluding hydrogens is 308 g/mol. The minimum Gasteiger partial charge on any atom is -0.320 e. The van der Waals surface area contributed by atoms with Crippen molar-refractivity contribution >= 4 is 11.6 Å². The molecule has 0 unspecified atom stereocenters. The number of para-hydroxylation sites is 1. The summed E-state index contributed by atoms with van der Waals surface area (Å²) >= 11 is 0. The van der Waals surface area contributed by atoms with Gasteiger partial charge < -0.3 is 5.32 Å². The summed E-state index contributed by atoms with van der Waals surface area (Å²) in [5.41, 5.74) is 4.28. The van der Waals surface area contributed by atoms with Crippen molar-refractivity contribution in [1.29, 1.82) is 0 Å². The van der Waals surface area contributed by atoms with Crippen LogP contribution in [0.15, 0.2) is 79.1 Å². The first-order valence-corrected chi connectivity index (χ1v) is 8.57. The number of hydrogen-bond acceptors (Lipinski definition) is 1. The molecule has 1 aromatic heterocycles. The lowest BCUT2D eigenvalue weighted by Crippen LogP contribution is -2.39. The lowest BCUT2D eigenvalue weighted by atomic mass is 10.0. The number of benzene rings is 2. The maximum Gasteiger partial charge on any atom is 0.290 e. The summed E-state index contributed by atoms with van der Waals surface area (Å²) in [5, 5.41) is 3.04. The second-order valence-electron chi connectivity index (χ2n) is 6.42. The van der Waals surface area contributed by atoms with E-state index in [9.17, 15) is 4.79 Å². The van der Waals surface area contributed by atoms with Crippen LogP contribution in [0.4, 0.5) is 5.69 Å². The minimum atomic E-state index is -0.0247. The fraction of sp³-hybridized carbons (Fsp3) is 0.182. The highest BCUT2D eigenvalue weighted by atomic mass is 16.1. The van der Waals surface area contributed by atoms with Gasteiger partial charge in [-0.3, -0.25) is 4.79 Å². The Morgan fingerprint density at radius 1 is 0.920 bits per heavy atom. The number of carbonyl (C=O) groups excluding carboxylic acids is 1. The van der Waals surface area contributed by atoms with Crippen LogP contribution in [0.5, 0.6) is 0 Å². The van der Waals surface area contributed by atoms with E-state index in [0.717, 1.165) is 22.4 Å². The average Bonchev–Trinajstić information content (AvgIpc) is 2.63. The summed E-state index contributed by atoms with van der Waals surface area (Å²) in [4.78, 5) is 12.5. The number of anilines is 1. The lowest BCUT2D eigenvalue weighted by Gasteiger charge is -2.12. The molecule has 3 heteroatoms. The molecule has 0 fully saturated rings. The SMILES string of the molecule is CC(C)c1ccccc1NC(=O)C[n+]1cccc(-c2ccccc2)c1. The Labute approximate surface area is 149 Å². The second kappa shape index (κ2) is 7.75. The van der Waals surface area contributed by atoms with E-state index in [2.05, 4.69) is 43.4 Å². The number of amides is 1. The molecule has 25 heavy (non-hydrogen) atoms. The molecule has 126 valence electrons. The van der Waals surface area contributed by atoms with E-state index in [-0.39, 0.29) is 12.5 Å². The molecule has 1 amide bonds. The molecule has 1 N–H and O–H groups in total. The Balaban J connectivity index is 1.74. The monoisotopic (exact) mass is 331 g/mol. The highest BCUT2D eigenvalue weighted by Crippen LogP contribution is 2.23. The lowest BCUT2D eigenvalue weighted by molar-refractivity contribution is -0.683. The predicted octanol–water partition coefficient (Wildman–Crippen LogP) is 4.40. The molecule has 0 saturated heterocycles. The summed E-state index contributed by atoms with van der Waals surface area (Å²) < 4.78 is 1.91. The Morgan fingerprint density at radius 3 is 2.36 bits per heavy atom. The van der Waals surface area contributed by atoms with Gasteiger partial charge in [0.2, 0.25) is 6.54 Å². The van der Waals surface area contributed by atoms with E-state index >= 15 is 0 Å². The molecule has 3 aromatic rings. The third-order valence-corrected chi connectivity index (χ3v) is 4.15. The van der Waals surface area contributed by atoms with Gasteiger partial charge in [0.05, 0.1) is 0 Å². The van der Waals surface area contributed by atoms with Crippen LogP contribution in [0.25, 0.3) is 11.1 Å². The molecule has 1 heterocycles. The standard InChI is InChI=1S/C22H22N2O/c1-17(2)20-12-6-7-13-21(20)23-22(25)16-24-14-8-11-19(15-24)18-9-4-3-5-10-18/h3-15,17H,16H2,1-2H3/p+1. The maximum atomic E-state index is 12.5. The zero-order valence-electron chi connectivity index (χ0n) is 14.6. The van der Waals surface area contributed by atoms with Gasteiger partial charge in [-0.2, -0.15) is 4.57 Å². The summed E-state index contributed by atoms with van der Waals surface area (Å²) in [6, 6.07) is 22.2. The number of pyridine rings is 1. The Bertz CT molecular complexity index is 857. The van der Waals surface area contributed by atoms with E-state index in [1.165, 1.54) is 0 Å². The number of hydrogen-bond donors (Lipinski definition) is 1. The van der Waals surface area contributed by atoms with Crippen LogP contribution in [0.2, 0.25) is 0 Å². The molecule has 0 aliphatic carbocycles. The van der Waals surface area contributed by atoms with Crippen LogP contribution in [0.1, 0.15) is 25.3 Å². The van der Waals surface area contributed by atoms with Crippen LogP contribution in [0, 0.1) is 0 Å². The second-order valence-corrected chi connectivity index (χ2v) is 6.42. The molecule has 0 atom stereocenters. The minimum absolute atomic E-state index is 0.0247. The van der Waals surface area contributed by atoms with E-state index in [4.69, 9.17) is 0 Å². The van der Waals surface area contributed by atoms with Gasteiger partial charge in [-0.15, -0.1) is 0 Å². The maximum absolute atomic E-state index is 12.5. The van der Waals surface area contributed by atoms with Gasteiger partial charge in [-0.1, -0.05) is 62.4 Å². The molecule has 2 aromatic carbocycles. The van der Waals surface area contributed by atoms with E-state index in [1.807, 2.05) is 59.4 Å². The normalized spacial score (nSPS) is 10.7. The molecule has 0 saturated carbocycles. The number of nitrogens with one attached hydrogen (secondary N) is 1. The van der Waals surface area contributed by atoms with Crippen molar-refractivity contribution in [3.8, 4) is 11.1 Å². The van der Waals surface area contributed by atoms with Crippen molar-refractivity contribution in [1.82, 2.24) is 0 Å². The van der Waals surface area contributed by atoms with E-state index < -0.39 is 0 Å². The zero-order valence-corrected chi connectivity index (χ0v) is 14.6. The van der Waals surface area contributed by atoms with E-state index in [1.54, 1.807) is 0 Å². The fourth-order valence-electron chi connectivity index (χ4n) is 2.89. The van der Waals surface area contributed by atoms with Crippen molar-refractivity contribution in [2.75, 3.05) is 5.32 Å². The quantitative estimate of drug-likeness (QED) is 0.691. The number of aromatic nitrogens is 1. The van der Waals surface area contributed by atoms with Crippen molar-refractivity contribution in [2.45, 2.75) is 26.3 Å². The molecule has 3 nitrogen and oxygen atoms in total. The Morgan fingerprint density at radius 2 is 1.60 bits per heavy atom. The third-order valence-electron chi connectivity index (χ3n) is 4.15. The topological polar surface area (TPSA) is 33.0 Å². The van der Waals surface area contributed by atoms with Gasteiger partial charge in [0.1, 0.15) is 0 Å². The molecule has 0 aliphatic rings. The van der Waals surface area contributed by atoms with Gasteiger partial charge >= 0.3 is 0 Å². The number of rotatable bonds is 5. The highest BCUT2D eigenvalue weighted by molar-refractivity contribution is 5.90. The molecular formula is C22H23N2O+. The fourth-order valence-corrected chi connectivity index (χ4v) is 2.89. The van der Waals surface area contributed by atoms with Crippen LogP contribution in [0.3, 0.4) is 0 Å². The van der Waals surface area contributed by atoms with Crippen LogP contribution in [-0.4, -0.2) is 5.91 Å². The average molecular weight is 331 g/mol. The largest absolute Gasteiger partial charge is 0.320 e. The van der Waals surface area contributed by atoms with Gasteiger partial charge in [0, 0.05) is 17.3 Å². The molecule has 0 bridgehead atoms. The van der Waals surface area contributed by atoms with Crippen molar-refractivity contribution in [3.05, 3.63) is 84.7 Å². The summed E-state index contributed by atoms with van der Waals surface area (Å²) in [6.45, 7) is 4.54. The van der Waals surface area contributed by atoms with Crippen LogP contribution >= 0.6 is 0 Å². The summed E-state index contributed by atoms with van der Waals surface area (Å²) in [6.07, 6.45) is 3.92. The Kier molecular flexibility index (Phi) is 5.24. The van der Waals surface area contributed by atoms with Crippen molar-refractivity contribution in [3.63, 3.8) is 0 Å². The first kappa shape index (κ1) is 16.9. The van der Waals surface area contributed by atoms with Crippen molar-refractivity contribution in [2.24, 2.45) is 0 Å². The van der Waals surface area contributed by atoms with Crippen LogP contribution < -0.4 is 9.88 Å². The van der Waals surface area contributed by atoms with Gasteiger partial charge in [-0.05, 0) is 29.2 Å². The Hall–Kier alpha value is -2.94. The smallest absolute Gasteiger partial charge is 0.290 e. The number of nitrogens with zero attached hydrogens (tertiary/aromatic N) is 1. The first-order valence-electron chi connectivity index (χ1n) is 8.57. The first-order chi connectivity index (χ1) is 12.1. The molecule has 0 aliphatic heterocycles. The van der Waals surface area contributed by atoms with Crippen molar-refractivity contribution < 1.29 is 9.36 Å². The highest BCUT2D eigenvalue weighted by Gasteiger charge is 2.13. The molecule has 3 rings (SSSR count). The van der Waals surface area contributed by atoms with E-state index in [0.29, 0.717) is 5.92 Å². The zero-order chi connectivity index (χ0) is 17.6. The molecule has 0 radical (unpaired) electrons. The van der Waals surface area contributed by atoms with Gasteiger partial charge in [0.15, 0.2) is 12.4 Å². The van der Waals surface area contributed by atoms with Crippen LogP contribution in [-0.2, 0) is 11.3 Å². The van der Waals surface area contributed by atoms with Gasteiger partial charge in [0.25, 0.3) is 5.91 Å². The molecule has 0 spiro atoms. The number of carbonyl (C=O) groups is 1. The predicted molar refractivity (Wildman–Crippen MR) is 101 cm³/mol. The van der Waals surface area contributed by atoms with Gasteiger partial charge in [-0.25, -0.2) is 0 Å². The summed E-state index contributed by atoms with van der Waals surface area (Å²) in [5.74, 6) is 0.342.